The Hall–Kier alpha value is -2.66. The van der Waals surface area contributed by atoms with E-state index in [0.717, 1.165) is 11.3 Å². The summed E-state index contributed by atoms with van der Waals surface area (Å²) in [6.45, 7) is 0.384. The van der Waals surface area contributed by atoms with Crippen molar-refractivity contribution in [2.45, 2.75) is 0 Å². The highest BCUT2D eigenvalue weighted by Crippen LogP contribution is 2.27. The van der Waals surface area contributed by atoms with E-state index in [1.54, 1.807) is 39.4 Å². The van der Waals surface area contributed by atoms with Crippen molar-refractivity contribution in [3.8, 4) is 11.5 Å². The topological polar surface area (TPSA) is 50.8 Å². The van der Waals surface area contributed by atoms with Crippen LogP contribution in [0.3, 0.4) is 0 Å². The first-order valence-electron chi connectivity index (χ1n) is 7.71. The average molecular weight is 361 g/mol. The molecule has 2 aromatic rings. The molecule has 5 nitrogen and oxygen atoms in total. The van der Waals surface area contributed by atoms with Crippen LogP contribution in [0.25, 0.3) is 6.08 Å². The molecular formula is C19H21ClN2O3. The van der Waals surface area contributed by atoms with Crippen LogP contribution in [0.5, 0.6) is 11.5 Å². The maximum absolute atomic E-state index is 11.6. The van der Waals surface area contributed by atoms with Crippen molar-refractivity contribution in [1.29, 1.82) is 0 Å². The van der Waals surface area contributed by atoms with Crippen LogP contribution in [0.15, 0.2) is 48.5 Å². The lowest BCUT2D eigenvalue weighted by Crippen LogP contribution is -2.27. The highest BCUT2D eigenvalue weighted by molar-refractivity contribution is 6.32. The molecule has 6 heteroatoms. The van der Waals surface area contributed by atoms with E-state index in [4.69, 9.17) is 21.1 Å². The second-order valence-electron chi connectivity index (χ2n) is 5.46. The number of ether oxygens (including phenoxy) is 2. The van der Waals surface area contributed by atoms with Crippen LogP contribution in [0.4, 0.5) is 10.5 Å². The number of hydrogen-bond acceptors (Lipinski definition) is 3. The Morgan fingerprint density at radius 2 is 1.92 bits per heavy atom. The smallest absolute Gasteiger partial charge is 0.321 e. The van der Waals surface area contributed by atoms with Crippen LogP contribution in [-0.2, 0) is 0 Å². The van der Waals surface area contributed by atoms with E-state index >= 15 is 0 Å². The first kappa shape index (κ1) is 18.7. The molecule has 1 N–H and O–H groups in total. The van der Waals surface area contributed by atoms with Crippen molar-refractivity contribution in [3.63, 3.8) is 0 Å². The highest BCUT2D eigenvalue weighted by Gasteiger charge is 2.07. The van der Waals surface area contributed by atoms with Crippen LogP contribution in [-0.4, -0.2) is 38.7 Å². The maximum atomic E-state index is 11.6. The van der Waals surface area contributed by atoms with Gasteiger partial charge in [0.05, 0.1) is 12.1 Å². The van der Waals surface area contributed by atoms with Gasteiger partial charge in [-0.25, -0.2) is 4.79 Å². The summed E-state index contributed by atoms with van der Waals surface area (Å²) in [5, 5.41) is 3.17. The number of halogens is 1. The number of amides is 2. The minimum Gasteiger partial charge on any atom is -0.497 e. The fraction of sp³-hybridized carbons (Fsp3) is 0.211. The van der Waals surface area contributed by atoms with Crippen LogP contribution in [0.1, 0.15) is 5.56 Å². The van der Waals surface area contributed by atoms with Crippen molar-refractivity contribution in [2.24, 2.45) is 0 Å². The Bertz CT molecular complexity index is 743. The van der Waals surface area contributed by atoms with Crippen molar-refractivity contribution in [2.75, 3.05) is 33.1 Å². The minimum atomic E-state index is -0.216. The molecule has 2 amide bonds. The molecule has 2 rings (SSSR count). The lowest BCUT2D eigenvalue weighted by atomic mass is 10.2. The summed E-state index contributed by atoms with van der Waals surface area (Å²) < 4.78 is 10.8. The summed E-state index contributed by atoms with van der Waals surface area (Å²) in [6.07, 6.45) is 3.86. The third kappa shape index (κ3) is 5.72. The van der Waals surface area contributed by atoms with Crippen LogP contribution >= 0.6 is 11.6 Å². The summed E-state index contributed by atoms with van der Waals surface area (Å²) in [4.78, 5) is 13.1. The highest BCUT2D eigenvalue weighted by atomic mass is 35.5. The molecule has 0 atom stereocenters. The van der Waals surface area contributed by atoms with Gasteiger partial charge in [-0.2, -0.15) is 0 Å². The van der Waals surface area contributed by atoms with E-state index in [1.165, 1.54) is 4.90 Å². The van der Waals surface area contributed by atoms with Crippen LogP contribution in [0.2, 0.25) is 5.02 Å². The first-order valence-corrected chi connectivity index (χ1v) is 8.08. The number of nitrogens with zero attached hydrogens (tertiary/aromatic N) is 1. The van der Waals surface area contributed by atoms with Gasteiger partial charge in [0, 0.05) is 19.8 Å². The van der Waals surface area contributed by atoms with Gasteiger partial charge in [0.1, 0.15) is 18.1 Å². The molecule has 0 saturated carbocycles. The molecule has 0 fully saturated rings. The number of carbonyl (C=O) groups excluding carboxylic acids is 1. The van der Waals surface area contributed by atoms with Gasteiger partial charge < -0.3 is 19.7 Å². The molecular weight excluding hydrogens is 340 g/mol. The molecule has 0 aliphatic carbocycles. The molecule has 0 spiro atoms. The molecule has 0 heterocycles. The van der Waals surface area contributed by atoms with Gasteiger partial charge in [-0.3, -0.25) is 0 Å². The molecule has 0 unspecified atom stereocenters. The second kappa shape index (κ2) is 8.99. The standard InChI is InChI=1S/C19H21ClN2O3/c1-22(2)19(23)21-15-8-11-18(17(20)13-15)25-12-4-5-14-6-9-16(24-3)10-7-14/h4-11,13H,12H2,1-3H3,(H,21,23). The average Bonchev–Trinajstić information content (AvgIpc) is 2.60. The Morgan fingerprint density at radius 3 is 2.52 bits per heavy atom. The quantitative estimate of drug-likeness (QED) is 0.823. The molecule has 0 aromatic heterocycles. The number of urea groups is 1. The molecule has 2 aromatic carbocycles. The Kier molecular flexibility index (Phi) is 6.71. The number of rotatable bonds is 6. The third-order valence-corrected chi connectivity index (χ3v) is 3.65. The van der Waals surface area contributed by atoms with Gasteiger partial charge in [-0.15, -0.1) is 0 Å². The monoisotopic (exact) mass is 360 g/mol. The largest absolute Gasteiger partial charge is 0.497 e. The van der Waals surface area contributed by atoms with Gasteiger partial charge in [0.15, 0.2) is 0 Å². The van der Waals surface area contributed by atoms with Crippen molar-refractivity contribution in [1.82, 2.24) is 4.90 Å². The lowest BCUT2D eigenvalue weighted by Gasteiger charge is -2.13. The molecule has 0 radical (unpaired) electrons. The van der Waals surface area contributed by atoms with Crippen molar-refractivity contribution >= 4 is 29.4 Å². The second-order valence-corrected chi connectivity index (χ2v) is 5.86. The van der Waals surface area contributed by atoms with E-state index in [9.17, 15) is 4.79 Å². The van der Waals surface area contributed by atoms with Gasteiger partial charge >= 0.3 is 6.03 Å². The Labute approximate surface area is 152 Å². The number of anilines is 1. The fourth-order valence-electron chi connectivity index (χ4n) is 1.97. The molecule has 132 valence electrons. The van der Waals surface area contributed by atoms with Crippen LogP contribution < -0.4 is 14.8 Å². The van der Waals surface area contributed by atoms with Gasteiger partial charge in [0.25, 0.3) is 0 Å². The molecule has 0 saturated heterocycles. The normalized spacial score (nSPS) is 10.6. The minimum absolute atomic E-state index is 0.216. The fourth-order valence-corrected chi connectivity index (χ4v) is 2.20. The summed E-state index contributed by atoms with van der Waals surface area (Å²) in [5.74, 6) is 1.38. The number of hydrogen-bond donors (Lipinski definition) is 1. The number of benzene rings is 2. The van der Waals surface area contributed by atoms with Crippen LogP contribution in [0, 0.1) is 0 Å². The maximum Gasteiger partial charge on any atom is 0.321 e. The van der Waals surface area contributed by atoms with Gasteiger partial charge in [-0.05, 0) is 42.0 Å². The van der Waals surface area contributed by atoms with E-state index < -0.39 is 0 Å². The van der Waals surface area contributed by atoms with Gasteiger partial charge in [-0.1, -0.05) is 29.8 Å². The molecule has 0 aliphatic rings. The number of carbonyl (C=O) groups is 1. The SMILES string of the molecule is COc1ccc(C=CCOc2ccc(NC(=O)N(C)C)cc2Cl)cc1. The zero-order valence-corrected chi connectivity index (χ0v) is 15.2. The lowest BCUT2D eigenvalue weighted by molar-refractivity contribution is 0.230. The predicted molar refractivity (Wildman–Crippen MR) is 102 cm³/mol. The molecule has 25 heavy (non-hydrogen) atoms. The zero-order chi connectivity index (χ0) is 18.2. The summed E-state index contributed by atoms with van der Waals surface area (Å²) >= 11 is 6.19. The number of nitrogens with one attached hydrogen (secondary N) is 1. The van der Waals surface area contributed by atoms with Gasteiger partial charge in [0.2, 0.25) is 0 Å². The van der Waals surface area contributed by atoms with E-state index in [0.29, 0.717) is 23.1 Å². The Morgan fingerprint density at radius 1 is 1.20 bits per heavy atom. The van der Waals surface area contributed by atoms with Crippen molar-refractivity contribution in [3.05, 3.63) is 59.1 Å². The van der Waals surface area contributed by atoms with E-state index in [-0.39, 0.29) is 6.03 Å². The first-order chi connectivity index (χ1) is 12.0. The predicted octanol–water partition coefficient (Wildman–Crippen LogP) is 4.53. The summed E-state index contributed by atoms with van der Waals surface area (Å²) in [6, 6.07) is 12.6. The number of methoxy groups -OCH3 is 1. The summed E-state index contributed by atoms with van der Waals surface area (Å²) in [5.41, 5.74) is 1.67. The van der Waals surface area contributed by atoms with E-state index in [2.05, 4.69) is 5.32 Å². The summed E-state index contributed by atoms with van der Waals surface area (Å²) in [7, 11) is 4.98. The van der Waals surface area contributed by atoms with E-state index in [1.807, 2.05) is 36.4 Å². The zero-order valence-electron chi connectivity index (χ0n) is 14.5. The third-order valence-electron chi connectivity index (χ3n) is 3.35. The molecule has 0 bridgehead atoms. The Balaban J connectivity index is 1.89. The van der Waals surface area contributed by atoms with Crippen molar-refractivity contribution < 1.29 is 14.3 Å². The molecule has 0 aliphatic heterocycles.